The first-order valence-electron chi connectivity index (χ1n) is 6.53. The van der Waals surface area contributed by atoms with Crippen LogP contribution in [0.4, 0.5) is 0 Å². The van der Waals surface area contributed by atoms with Crippen molar-refractivity contribution < 1.29 is 19.5 Å². The van der Waals surface area contributed by atoms with Gasteiger partial charge in [0.25, 0.3) is 0 Å². The topological polar surface area (TPSA) is 125 Å². The van der Waals surface area contributed by atoms with E-state index in [2.05, 4.69) is 10.6 Å². The minimum absolute atomic E-state index is 0.101. The molecule has 0 aliphatic heterocycles. The third kappa shape index (κ3) is 7.70. The van der Waals surface area contributed by atoms with E-state index in [1.54, 1.807) is 7.05 Å². The van der Waals surface area contributed by atoms with Gasteiger partial charge in [-0.1, -0.05) is 0 Å². The van der Waals surface area contributed by atoms with Crippen LogP contribution in [0.1, 0.15) is 19.3 Å². The van der Waals surface area contributed by atoms with Gasteiger partial charge in [0, 0.05) is 7.05 Å². The zero-order valence-corrected chi connectivity index (χ0v) is 12.0. The van der Waals surface area contributed by atoms with Crippen LogP contribution in [-0.4, -0.2) is 67.6 Å². The lowest BCUT2D eigenvalue weighted by molar-refractivity contribution is -0.144. The lowest BCUT2D eigenvalue weighted by Gasteiger charge is -2.23. The molecule has 0 saturated carbocycles. The van der Waals surface area contributed by atoms with Gasteiger partial charge in [-0.2, -0.15) is 0 Å². The third-order valence-corrected chi connectivity index (χ3v) is 2.67. The van der Waals surface area contributed by atoms with Crippen LogP contribution in [0, 0.1) is 0 Å². The third-order valence-electron chi connectivity index (χ3n) is 2.67. The number of nitrogens with zero attached hydrogens (tertiary/aromatic N) is 1. The molecule has 116 valence electrons. The fourth-order valence-corrected chi connectivity index (χ4v) is 1.70. The van der Waals surface area contributed by atoms with Gasteiger partial charge < -0.3 is 26.4 Å². The summed E-state index contributed by atoms with van der Waals surface area (Å²) in [6.45, 7) is 0.216. The fourth-order valence-electron chi connectivity index (χ4n) is 1.70. The molecular formula is C12H24N4O4. The maximum Gasteiger partial charge on any atom is 0.323 e. The second-order valence-corrected chi connectivity index (χ2v) is 4.52. The van der Waals surface area contributed by atoms with Crippen LogP contribution in [0.25, 0.3) is 0 Å². The Labute approximate surface area is 118 Å². The predicted octanol–water partition coefficient (Wildman–Crippen LogP) is -1.64. The highest BCUT2D eigenvalue weighted by molar-refractivity contribution is 5.89. The zero-order valence-electron chi connectivity index (χ0n) is 12.0. The quantitative estimate of drug-likeness (QED) is 0.357. The summed E-state index contributed by atoms with van der Waals surface area (Å²) in [5.41, 5.74) is 5.40. The lowest BCUT2D eigenvalue weighted by atomic mass is 10.1. The van der Waals surface area contributed by atoms with Crippen LogP contribution < -0.4 is 16.4 Å². The summed E-state index contributed by atoms with van der Waals surface area (Å²) in [7, 11) is 3.03. The minimum atomic E-state index is -1.09. The molecule has 5 N–H and O–H groups in total. The van der Waals surface area contributed by atoms with Gasteiger partial charge in [0.2, 0.25) is 11.8 Å². The number of likely N-dealkylation sites (N-methyl/N-ethyl adjacent to an activating group) is 2. The second kappa shape index (κ2) is 10.2. The fraction of sp³-hybridized carbons (Fsp3) is 0.750. The first-order valence-corrected chi connectivity index (χ1v) is 6.53. The van der Waals surface area contributed by atoms with E-state index in [4.69, 9.17) is 10.8 Å². The number of amides is 2. The maximum absolute atomic E-state index is 12.1. The second-order valence-electron chi connectivity index (χ2n) is 4.52. The van der Waals surface area contributed by atoms with Crippen molar-refractivity contribution in [3.05, 3.63) is 0 Å². The molecule has 0 aromatic heterocycles. The van der Waals surface area contributed by atoms with Crippen molar-refractivity contribution in [3.8, 4) is 0 Å². The first kappa shape index (κ1) is 18.3. The molecule has 0 spiro atoms. The molecule has 0 saturated heterocycles. The Kier molecular flexibility index (Phi) is 9.31. The van der Waals surface area contributed by atoms with Crippen molar-refractivity contribution in [1.82, 2.24) is 15.5 Å². The van der Waals surface area contributed by atoms with Gasteiger partial charge in [-0.05, 0) is 32.9 Å². The largest absolute Gasteiger partial charge is 0.480 e. The zero-order chi connectivity index (χ0) is 15.5. The Balaban J connectivity index is 4.59. The van der Waals surface area contributed by atoms with Crippen molar-refractivity contribution in [3.63, 3.8) is 0 Å². The van der Waals surface area contributed by atoms with E-state index in [1.807, 2.05) is 0 Å². The molecule has 2 amide bonds. The van der Waals surface area contributed by atoms with Crippen molar-refractivity contribution >= 4 is 17.8 Å². The monoisotopic (exact) mass is 288 g/mol. The number of nitrogens with one attached hydrogen (secondary N) is 2. The Bertz CT molecular complexity index is 335. The summed E-state index contributed by atoms with van der Waals surface area (Å²) >= 11 is 0. The number of carbonyl (C=O) groups excluding carboxylic acids is 2. The van der Waals surface area contributed by atoms with E-state index in [0.717, 1.165) is 11.3 Å². The van der Waals surface area contributed by atoms with E-state index in [-0.39, 0.29) is 12.5 Å². The predicted molar refractivity (Wildman–Crippen MR) is 74.0 cm³/mol. The van der Waals surface area contributed by atoms with Crippen molar-refractivity contribution in [1.29, 1.82) is 0 Å². The molecule has 0 bridgehead atoms. The Morgan fingerprint density at radius 3 is 2.45 bits per heavy atom. The average Bonchev–Trinajstić information content (AvgIpc) is 2.36. The highest BCUT2D eigenvalue weighted by Crippen LogP contribution is 2.04. The van der Waals surface area contributed by atoms with Crippen LogP contribution >= 0.6 is 0 Å². The molecule has 0 heterocycles. The molecule has 8 nitrogen and oxygen atoms in total. The van der Waals surface area contributed by atoms with Gasteiger partial charge in [0.1, 0.15) is 12.6 Å². The number of hydrogen-bond acceptors (Lipinski definition) is 5. The molecule has 20 heavy (non-hydrogen) atoms. The van der Waals surface area contributed by atoms with Gasteiger partial charge in [-0.15, -0.1) is 0 Å². The average molecular weight is 288 g/mol. The van der Waals surface area contributed by atoms with Gasteiger partial charge in [0.15, 0.2) is 0 Å². The Hall–Kier alpha value is -1.67. The number of nitrogens with two attached hydrogens (primary N) is 1. The summed E-state index contributed by atoms with van der Waals surface area (Å²) in [6.07, 6.45) is 1.87. The van der Waals surface area contributed by atoms with Crippen LogP contribution in [-0.2, 0) is 14.4 Å². The summed E-state index contributed by atoms with van der Waals surface area (Å²) in [4.78, 5) is 35.4. The lowest BCUT2D eigenvalue weighted by Crippen LogP contribution is -2.50. The van der Waals surface area contributed by atoms with Gasteiger partial charge in [0.05, 0.1) is 6.54 Å². The normalized spacial score (nSPS) is 11.8. The van der Waals surface area contributed by atoms with Gasteiger partial charge in [-0.25, -0.2) is 0 Å². The minimum Gasteiger partial charge on any atom is -0.480 e. The molecule has 0 unspecified atom stereocenters. The van der Waals surface area contributed by atoms with Crippen molar-refractivity contribution in [2.45, 2.75) is 25.3 Å². The highest BCUT2D eigenvalue weighted by atomic mass is 16.4. The summed E-state index contributed by atoms with van der Waals surface area (Å²) in [6, 6.07) is -0.716. The highest BCUT2D eigenvalue weighted by Gasteiger charge is 2.24. The molecule has 1 atom stereocenters. The first-order chi connectivity index (χ1) is 9.42. The molecule has 0 fully saturated rings. The van der Waals surface area contributed by atoms with Crippen molar-refractivity contribution in [2.75, 3.05) is 33.7 Å². The van der Waals surface area contributed by atoms with Crippen LogP contribution in [0.15, 0.2) is 0 Å². The summed E-state index contributed by atoms with van der Waals surface area (Å²) in [5.74, 6) is -1.81. The number of carboxylic acids is 1. The molecule has 0 aliphatic rings. The van der Waals surface area contributed by atoms with Crippen molar-refractivity contribution in [2.24, 2.45) is 5.73 Å². The Morgan fingerprint density at radius 1 is 1.30 bits per heavy atom. The molecule has 8 heteroatoms. The van der Waals surface area contributed by atoms with E-state index in [0.29, 0.717) is 19.4 Å². The number of carboxylic acid groups (broad SMARTS) is 1. The van der Waals surface area contributed by atoms with E-state index in [1.165, 1.54) is 7.05 Å². The molecule has 0 aromatic rings. The van der Waals surface area contributed by atoms with Gasteiger partial charge in [-0.3, -0.25) is 14.4 Å². The number of carbonyl (C=O) groups is 3. The van der Waals surface area contributed by atoms with E-state index >= 15 is 0 Å². The Morgan fingerprint density at radius 2 is 1.95 bits per heavy atom. The molecule has 0 aliphatic carbocycles. The molecular weight excluding hydrogens is 264 g/mol. The number of hydrogen-bond donors (Lipinski definition) is 4. The SMILES string of the molecule is CNCC(=O)N[C@H](CCCCN)C(=O)N(C)CC(=O)O. The molecule has 0 radical (unpaired) electrons. The smallest absolute Gasteiger partial charge is 0.323 e. The summed E-state index contributed by atoms with van der Waals surface area (Å²) < 4.78 is 0. The van der Waals surface area contributed by atoms with Gasteiger partial charge >= 0.3 is 5.97 Å². The number of rotatable bonds is 10. The number of aliphatic carboxylic acids is 1. The summed E-state index contributed by atoms with van der Waals surface area (Å²) in [5, 5.41) is 14.0. The van der Waals surface area contributed by atoms with Crippen LogP contribution in [0.5, 0.6) is 0 Å². The standard InChI is InChI=1S/C12H24N4O4/c1-14-7-10(17)15-9(5-3-4-6-13)12(20)16(2)8-11(18)19/h9,14H,3-8,13H2,1-2H3,(H,15,17)(H,18,19)/t9-/m1/s1. The van der Waals surface area contributed by atoms with E-state index in [9.17, 15) is 14.4 Å². The molecule has 0 aromatic carbocycles. The van der Waals surface area contributed by atoms with E-state index < -0.39 is 24.5 Å². The van der Waals surface area contributed by atoms with Crippen LogP contribution in [0.2, 0.25) is 0 Å². The molecule has 0 rings (SSSR count). The number of unbranched alkanes of at least 4 members (excludes halogenated alkanes) is 1. The van der Waals surface area contributed by atoms with Crippen LogP contribution in [0.3, 0.4) is 0 Å². The maximum atomic E-state index is 12.1.